The van der Waals surface area contributed by atoms with Crippen molar-refractivity contribution in [2.75, 3.05) is 0 Å². The zero-order valence-corrected chi connectivity index (χ0v) is 10.2. The van der Waals surface area contributed by atoms with Crippen molar-refractivity contribution in [3.63, 3.8) is 0 Å². The maximum atomic E-state index is 9.06. The Morgan fingerprint density at radius 3 is 2.23 bits per heavy atom. The summed E-state index contributed by atoms with van der Waals surface area (Å²) in [5.74, 6) is 0.314. The van der Waals surface area contributed by atoms with Gasteiger partial charge in [0.1, 0.15) is 5.75 Å². The van der Waals surface area contributed by atoms with Crippen molar-refractivity contribution in [1.29, 1.82) is 0 Å². The van der Waals surface area contributed by atoms with Gasteiger partial charge in [-0.25, -0.2) is 0 Å². The number of phenols is 1. The van der Waals surface area contributed by atoms with Crippen LogP contribution in [0.1, 0.15) is 1.43 Å². The summed E-state index contributed by atoms with van der Waals surface area (Å²) < 4.78 is 0. The molecular formula is C10H9NaOS. The molecule has 0 aliphatic rings. The predicted molar refractivity (Wildman–Crippen MR) is 52.5 cm³/mol. The van der Waals surface area contributed by atoms with Crippen LogP contribution in [-0.2, 0) is 0 Å². The van der Waals surface area contributed by atoms with Crippen LogP contribution in [0.25, 0.3) is 11.1 Å². The van der Waals surface area contributed by atoms with E-state index in [2.05, 4.69) is 11.4 Å². The Bertz CT molecular complexity index is 358. The Hall–Kier alpha value is -0.280. The molecule has 3 heteroatoms. The summed E-state index contributed by atoms with van der Waals surface area (Å²) in [7, 11) is 0. The van der Waals surface area contributed by atoms with Gasteiger partial charge in [0.2, 0.25) is 0 Å². The first-order valence-electron chi connectivity index (χ1n) is 3.68. The first kappa shape index (κ1) is 10.8. The van der Waals surface area contributed by atoms with Crippen molar-refractivity contribution in [1.82, 2.24) is 0 Å². The van der Waals surface area contributed by atoms with Crippen LogP contribution < -0.4 is 29.6 Å². The first-order valence-corrected chi connectivity index (χ1v) is 4.62. The smallest absolute Gasteiger partial charge is 1.00 e. The van der Waals surface area contributed by atoms with Gasteiger partial charge in [0.05, 0.1) is 0 Å². The summed E-state index contributed by atoms with van der Waals surface area (Å²) >= 11 is 1.68. The van der Waals surface area contributed by atoms with Gasteiger partial charge in [-0.05, 0) is 40.1 Å². The molecule has 0 fully saturated rings. The zero-order valence-electron chi connectivity index (χ0n) is 8.40. The summed E-state index contributed by atoms with van der Waals surface area (Å²) in [6.45, 7) is 0. The van der Waals surface area contributed by atoms with Gasteiger partial charge in [0.15, 0.2) is 0 Å². The number of thiophene rings is 1. The third-order valence-corrected chi connectivity index (χ3v) is 2.41. The van der Waals surface area contributed by atoms with Crippen molar-refractivity contribution < 1.29 is 36.1 Å². The first-order chi connectivity index (χ1) is 5.86. The molecule has 2 rings (SSSR count). The molecule has 0 amide bonds. The van der Waals surface area contributed by atoms with Crippen molar-refractivity contribution in [3.05, 3.63) is 41.1 Å². The number of hydrogen-bond donors (Lipinski definition) is 1. The molecular weight excluding hydrogens is 191 g/mol. The van der Waals surface area contributed by atoms with Crippen LogP contribution in [0.2, 0.25) is 0 Å². The maximum absolute atomic E-state index is 9.06. The zero-order chi connectivity index (χ0) is 8.39. The van der Waals surface area contributed by atoms with Gasteiger partial charge in [-0.15, -0.1) is 0 Å². The molecule has 1 aromatic heterocycles. The molecule has 1 N–H and O–H groups in total. The second-order valence-electron chi connectivity index (χ2n) is 2.56. The van der Waals surface area contributed by atoms with Gasteiger partial charge in [-0.3, -0.25) is 0 Å². The molecule has 0 aliphatic heterocycles. The molecule has 0 aliphatic carbocycles. The van der Waals surface area contributed by atoms with Crippen molar-refractivity contribution in [2.24, 2.45) is 0 Å². The number of rotatable bonds is 1. The molecule has 0 atom stereocenters. The molecule has 1 nitrogen and oxygen atoms in total. The quantitative estimate of drug-likeness (QED) is 0.654. The van der Waals surface area contributed by atoms with E-state index in [0.29, 0.717) is 5.75 Å². The SMILES string of the molecule is Oc1ccc(-c2ccsc2)cc1.[H-].[Na+]. The molecule has 62 valence electrons. The molecule has 1 aromatic carbocycles. The van der Waals surface area contributed by atoms with Crippen LogP contribution in [0, 0.1) is 0 Å². The van der Waals surface area contributed by atoms with E-state index in [1.807, 2.05) is 17.5 Å². The van der Waals surface area contributed by atoms with E-state index in [0.717, 1.165) is 5.56 Å². The van der Waals surface area contributed by atoms with Crippen LogP contribution in [0.3, 0.4) is 0 Å². The molecule has 1 heterocycles. The minimum atomic E-state index is 0. The normalized spacial score (nSPS) is 9.23. The Morgan fingerprint density at radius 2 is 1.69 bits per heavy atom. The number of hydrogen-bond acceptors (Lipinski definition) is 2. The standard InChI is InChI=1S/C10H8OS.Na.H/c11-10-3-1-8(2-4-10)9-5-6-12-7-9;;/h1-7,11H;;/q;+1;-1. The van der Waals surface area contributed by atoms with E-state index in [1.54, 1.807) is 23.5 Å². The van der Waals surface area contributed by atoms with Crippen molar-refractivity contribution >= 4 is 11.3 Å². The van der Waals surface area contributed by atoms with Gasteiger partial charge < -0.3 is 6.53 Å². The van der Waals surface area contributed by atoms with E-state index in [4.69, 9.17) is 5.11 Å². The molecule has 0 saturated heterocycles. The van der Waals surface area contributed by atoms with E-state index >= 15 is 0 Å². The largest absolute Gasteiger partial charge is 1.00 e. The van der Waals surface area contributed by atoms with Gasteiger partial charge in [0.25, 0.3) is 0 Å². The van der Waals surface area contributed by atoms with E-state index < -0.39 is 0 Å². The molecule has 0 radical (unpaired) electrons. The van der Waals surface area contributed by atoms with Gasteiger partial charge in [-0.1, -0.05) is 12.1 Å². The summed E-state index contributed by atoms with van der Waals surface area (Å²) in [6, 6.07) is 9.30. The Balaban J connectivity index is 0.000000845. The fraction of sp³-hybridized carbons (Fsp3) is 0. The summed E-state index contributed by atoms with van der Waals surface area (Å²) in [4.78, 5) is 0. The molecule has 0 spiro atoms. The Morgan fingerprint density at radius 1 is 1.00 bits per heavy atom. The molecule has 0 unspecified atom stereocenters. The second kappa shape index (κ2) is 4.82. The average Bonchev–Trinajstić information content (AvgIpc) is 2.58. The summed E-state index contributed by atoms with van der Waals surface area (Å²) in [6.07, 6.45) is 0. The minimum absolute atomic E-state index is 0. The average molecular weight is 200 g/mol. The second-order valence-corrected chi connectivity index (χ2v) is 3.34. The monoisotopic (exact) mass is 200 g/mol. The fourth-order valence-corrected chi connectivity index (χ4v) is 1.75. The van der Waals surface area contributed by atoms with Crippen LogP contribution >= 0.6 is 11.3 Å². The van der Waals surface area contributed by atoms with Crippen LogP contribution in [0.4, 0.5) is 0 Å². The Kier molecular flexibility index (Phi) is 4.00. The molecule has 0 bridgehead atoms. The summed E-state index contributed by atoms with van der Waals surface area (Å²) in [5.41, 5.74) is 2.36. The fourth-order valence-electron chi connectivity index (χ4n) is 1.08. The van der Waals surface area contributed by atoms with Crippen molar-refractivity contribution in [2.45, 2.75) is 0 Å². The topological polar surface area (TPSA) is 20.2 Å². The number of benzene rings is 1. The van der Waals surface area contributed by atoms with Crippen molar-refractivity contribution in [3.8, 4) is 16.9 Å². The van der Waals surface area contributed by atoms with E-state index in [-0.39, 0.29) is 31.0 Å². The molecule has 2 aromatic rings. The number of aromatic hydroxyl groups is 1. The van der Waals surface area contributed by atoms with Crippen LogP contribution in [0.15, 0.2) is 41.1 Å². The van der Waals surface area contributed by atoms with Gasteiger partial charge >= 0.3 is 29.6 Å². The minimum Gasteiger partial charge on any atom is -1.00 e. The summed E-state index contributed by atoms with van der Waals surface area (Å²) in [5, 5.41) is 13.2. The molecule has 0 saturated carbocycles. The third-order valence-electron chi connectivity index (χ3n) is 1.72. The van der Waals surface area contributed by atoms with Crippen LogP contribution in [-0.4, -0.2) is 5.11 Å². The van der Waals surface area contributed by atoms with Crippen LogP contribution in [0.5, 0.6) is 5.75 Å². The Labute approximate surface area is 105 Å². The molecule has 13 heavy (non-hydrogen) atoms. The maximum Gasteiger partial charge on any atom is 1.00 e. The van der Waals surface area contributed by atoms with E-state index in [9.17, 15) is 0 Å². The third kappa shape index (κ3) is 2.58. The predicted octanol–water partition coefficient (Wildman–Crippen LogP) is 0.237. The van der Waals surface area contributed by atoms with Gasteiger partial charge in [0, 0.05) is 0 Å². The van der Waals surface area contributed by atoms with E-state index in [1.165, 1.54) is 5.56 Å². The van der Waals surface area contributed by atoms with Gasteiger partial charge in [-0.2, -0.15) is 11.3 Å². The number of phenolic OH excluding ortho intramolecular Hbond substituents is 1.